The van der Waals surface area contributed by atoms with Gasteiger partial charge in [-0.3, -0.25) is 9.80 Å². The lowest BCUT2D eigenvalue weighted by atomic mass is 9.95. The van der Waals surface area contributed by atoms with E-state index in [-0.39, 0.29) is 0 Å². The van der Waals surface area contributed by atoms with Crippen LogP contribution in [0.2, 0.25) is 0 Å². The minimum atomic E-state index is 0.319. The number of phenols is 2. The van der Waals surface area contributed by atoms with Crippen molar-refractivity contribution in [2.45, 2.75) is 26.9 Å². The maximum absolute atomic E-state index is 10.7. The molecular formula is C18H28N2O4. The van der Waals surface area contributed by atoms with Crippen LogP contribution in [-0.2, 0) is 22.6 Å². The summed E-state index contributed by atoms with van der Waals surface area (Å²) in [6.07, 6.45) is 0. The first-order valence-corrected chi connectivity index (χ1v) is 8.71. The molecule has 0 atom stereocenters. The van der Waals surface area contributed by atoms with E-state index in [2.05, 4.69) is 9.80 Å². The molecule has 134 valence electrons. The maximum Gasteiger partial charge on any atom is 0.123 e. The average molecular weight is 336 g/mol. The van der Waals surface area contributed by atoms with Gasteiger partial charge in [0.05, 0.1) is 26.4 Å². The number of ether oxygens (including phenoxy) is 2. The highest BCUT2D eigenvalue weighted by Gasteiger charge is 2.23. The lowest BCUT2D eigenvalue weighted by Gasteiger charge is -2.30. The van der Waals surface area contributed by atoms with Crippen LogP contribution in [-0.4, -0.2) is 72.6 Å². The summed E-state index contributed by atoms with van der Waals surface area (Å²) < 4.78 is 10.8. The summed E-state index contributed by atoms with van der Waals surface area (Å²) in [5.41, 5.74) is 3.23. The molecule has 2 aliphatic rings. The van der Waals surface area contributed by atoms with E-state index in [1.54, 1.807) is 0 Å². The van der Waals surface area contributed by atoms with Crippen molar-refractivity contribution in [1.29, 1.82) is 0 Å². The van der Waals surface area contributed by atoms with Crippen LogP contribution in [0.5, 0.6) is 11.5 Å². The topological polar surface area (TPSA) is 65.4 Å². The minimum absolute atomic E-state index is 0.319. The van der Waals surface area contributed by atoms with Gasteiger partial charge in [0.25, 0.3) is 0 Å². The Morgan fingerprint density at radius 1 is 0.708 bits per heavy atom. The van der Waals surface area contributed by atoms with E-state index in [0.717, 1.165) is 74.9 Å². The molecule has 6 nitrogen and oxygen atoms in total. The first kappa shape index (κ1) is 17.5. The van der Waals surface area contributed by atoms with Gasteiger partial charge in [0.2, 0.25) is 0 Å². The highest BCUT2D eigenvalue weighted by molar-refractivity contribution is 5.57. The fourth-order valence-electron chi connectivity index (χ4n) is 3.45. The zero-order chi connectivity index (χ0) is 17.1. The molecule has 0 radical (unpaired) electrons. The molecule has 0 bridgehead atoms. The molecular weight excluding hydrogens is 308 g/mol. The standard InChI is InChI=1S/C18H28N2O4/c1-13-15(11-19-3-7-23-8-4-19)18(22)14(2)16(17(13)21)12-20-5-9-24-10-6-20/h21-22H,3-12H2,1-2H3. The molecule has 2 saturated heterocycles. The molecule has 2 aliphatic heterocycles. The zero-order valence-corrected chi connectivity index (χ0v) is 14.7. The third-order valence-corrected chi connectivity index (χ3v) is 5.16. The molecule has 0 aliphatic carbocycles. The lowest BCUT2D eigenvalue weighted by Crippen LogP contribution is -2.36. The number of rotatable bonds is 4. The number of hydrogen-bond donors (Lipinski definition) is 2. The number of morpholine rings is 2. The van der Waals surface area contributed by atoms with Crippen LogP contribution in [0.25, 0.3) is 0 Å². The Labute approximate surface area is 143 Å². The van der Waals surface area contributed by atoms with Gasteiger partial charge < -0.3 is 19.7 Å². The Bertz CT molecular complexity index is 499. The third kappa shape index (κ3) is 3.67. The van der Waals surface area contributed by atoms with Gasteiger partial charge in [0, 0.05) is 50.4 Å². The summed E-state index contributed by atoms with van der Waals surface area (Å²) in [5, 5.41) is 21.5. The molecule has 2 heterocycles. The maximum atomic E-state index is 10.7. The molecule has 0 aromatic heterocycles. The number of nitrogens with zero attached hydrogens (tertiary/aromatic N) is 2. The molecule has 6 heteroatoms. The van der Waals surface area contributed by atoms with Crippen molar-refractivity contribution in [3.63, 3.8) is 0 Å². The second-order valence-corrected chi connectivity index (χ2v) is 6.68. The monoisotopic (exact) mass is 336 g/mol. The van der Waals surface area contributed by atoms with Gasteiger partial charge in [-0.2, -0.15) is 0 Å². The first-order chi connectivity index (χ1) is 11.6. The molecule has 2 N–H and O–H groups in total. The van der Waals surface area contributed by atoms with E-state index in [1.165, 1.54) is 0 Å². The van der Waals surface area contributed by atoms with Crippen LogP contribution in [0.3, 0.4) is 0 Å². The predicted octanol–water partition coefficient (Wildman–Crippen LogP) is 1.38. The van der Waals surface area contributed by atoms with E-state index in [0.29, 0.717) is 24.6 Å². The van der Waals surface area contributed by atoms with E-state index in [1.807, 2.05) is 13.8 Å². The Balaban J connectivity index is 1.83. The quantitative estimate of drug-likeness (QED) is 0.810. The molecule has 1 aromatic carbocycles. The van der Waals surface area contributed by atoms with Gasteiger partial charge in [0.15, 0.2) is 0 Å². The highest BCUT2D eigenvalue weighted by Crippen LogP contribution is 2.38. The van der Waals surface area contributed by atoms with Crippen LogP contribution in [0.1, 0.15) is 22.3 Å². The van der Waals surface area contributed by atoms with Gasteiger partial charge in [0.1, 0.15) is 11.5 Å². The summed E-state index contributed by atoms with van der Waals surface area (Å²) in [7, 11) is 0. The predicted molar refractivity (Wildman–Crippen MR) is 91.4 cm³/mol. The normalized spacial score (nSPS) is 20.4. The van der Waals surface area contributed by atoms with Crippen molar-refractivity contribution in [2.75, 3.05) is 52.6 Å². The number of benzene rings is 1. The fourth-order valence-corrected chi connectivity index (χ4v) is 3.45. The van der Waals surface area contributed by atoms with Crippen LogP contribution in [0.4, 0.5) is 0 Å². The van der Waals surface area contributed by atoms with E-state index in [4.69, 9.17) is 9.47 Å². The van der Waals surface area contributed by atoms with Crippen LogP contribution >= 0.6 is 0 Å². The van der Waals surface area contributed by atoms with Crippen LogP contribution < -0.4 is 0 Å². The summed E-state index contributed by atoms with van der Waals surface area (Å²) >= 11 is 0. The number of hydrogen-bond acceptors (Lipinski definition) is 6. The average Bonchev–Trinajstić information content (AvgIpc) is 2.62. The molecule has 2 fully saturated rings. The fraction of sp³-hybridized carbons (Fsp3) is 0.667. The zero-order valence-electron chi connectivity index (χ0n) is 14.7. The van der Waals surface area contributed by atoms with E-state index in [9.17, 15) is 10.2 Å². The lowest BCUT2D eigenvalue weighted by molar-refractivity contribution is 0.0330. The Morgan fingerprint density at radius 3 is 1.38 bits per heavy atom. The smallest absolute Gasteiger partial charge is 0.123 e. The van der Waals surface area contributed by atoms with Gasteiger partial charge in [-0.05, 0) is 25.0 Å². The van der Waals surface area contributed by atoms with Crippen molar-refractivity contribution >= 4 is 0 Å². The summed E-state index contributed by atoms with van der Waals surface area (Å²) in [6.45, 7) is 11.4. The van der Waals surface area contributed by atoms with Crippen LogP contribution in [0, 0.1) is 13.8 Å². The van der Waals surface area contributed by atoms with Crippen molar-refractivity contribution < 1.29 is 19.7 Å². The highest BCUT2D eigenvalue weighted by atomic mass is 16.5. The third-order valence-electron chi connectivity index (χ3n) is 5.16. The van der Waals surface area contributed by atoms with Crippen molar-refractivity contribution in [1.82, 2.24) is 9.80 Å². The Morgan fingerprint density at radius 2 is 1.04 bits per heavy atom. The van der Waals surface area contributed by atoms with Gasteiger partial charge in [-0.15, -0.1) is 0 Å². The summed E-state index contributed by atoms with van der Waals surface area (Å²) in [6, 6.07) is 0. The molecule has 24 heavy (non-hydrogen) atoms. The van der Waals surface area contributed by atoms with Crippen molar-refractivity contribution in [3.05, 3.63) is 22.3 Å². The van der Waals surface area contributed by atoms with Crippen molar-refractivity contribution in [2.24, 2.45) is 0 Å². The number of phenolic OH excluding ortho intramolecular Hbond substituents is 2. The second-order valence-electron chi connectivity index (χ2n) is 6.68. The molecule has 0 spiro atoms. The summed E-state index contributed by atoms with van der Waals surface area (Å²) in [5.74, 6) is 0.639. The molecule has 0 amide bonds. The van der Waals surface area contributed by atoms with Crippen LogP contribution in [0.15, 0.2) is 0 Å². The minimum Gasteiger partial charge on any atom is -0.507 e. The molecule has 0 unspecified atom stereocenters. The Hall–Kier alpha value is -1.34. The first-order valence-electron chi connectivity index (χ1n) is 8.71. The molecule has 0 saturated carbocycles. The second kappa shape index (κ2) is 7.70. The van der Waals surface area contributed by atoms with Gasteiger partial charge in [-0.1, -0.05) is 0 Å². The van der Waals surface area contributed by atoms with E-state index >= 15 is 0 Å². The molecule has 3 rings (SSSR count). The SMILES string of the molecule is Cc1c(O)c(CN2CCOCC2)c(C)c(O)c1CN1CCOCC1. The van der Waals surface area contributed by atoms with E-state index < -0.39 is 0 Å². The van der Waals surface area contributed by atoms with Gasteiger partial charge in [-0.25, -0.2) is 0 Å². The van der Waals surface area contributed by atoms with Crippen molar-refractivity contribution in [3.8, 4) is 11.5 Å². The molecule has 1 aromatic rings. The summed E-state index contributed by atoms with van der Waals surface area (Å²) in [4.78, 5) is 4.51. The number of aromatic hydroxyl groups is 2. The van der Waals surface area contributed by atoms with Gasteiger partial charge >= 0.3 is 0 Å². The Kier molecular flexibility index (Phi) is 5.61. The largest absolute Gasteiger partial charge is 0.507 e.